The summed E-state index contributed by atoms with van der Waals surface area (Å²) >= 11 is 0. The summed E-state index contributed by atoms with van der Waals surface area (Å²) in [6.07, 6.45) is 5.41. The smallest absolute Gasteiger partial charge is 0.119 e. The Hall–Kier alpha value is -1.55. The Morgan fingerprint density at radius 2 is 2.05 bits per heavy atom. The van der Waals surface area contributed by atoms with Crippen LogP contribution in [0.1, 0.15) is 37.7 Å². The number of amidine groups is 1. The third-order valence-electron chi connectivity index (χ3n) is 3.61. The van der Waals surface area contributed by atoms with E-state index >= 15 is 0 Å². The average molecular weight is 275 g/mol. The first-order valence-electron chi connectivity index (χ1n) is 7.51. The predicted molar refractivity (Wildman–Crippen MR) is 82.2 cm³/mol. The molecule has 1 aliphatic rings. The first kappa shape index (κ1) is 14.9. The third-order valence-corrected chi connectivity index (χ3v) is 3.61. The second-order valence-corrected chi connectivity index (χ2v) is 5.46. The van der Waals surface area contributed by atoms with Gasteiger partial charge in [0, 0.05) is 13.0 Å². The number of nitrogens with two attached hydrogens (primary N) is 1. The fourth-order valence-corrected chi connectivity index (χ4v) is 2.56. The molecule has 4 nitrogen and oxygen atoms in total. The summed E-state index contributed by atoms with van der Waals surface area (Å²) in [5.41, 5.74) is 6.64. The average Bonchev–Trinajstić information content (AvgIpc) is 2.45. The zero-order chi connectivity index (χ0) is 14.2. The maximum Gasteiger partial charge on any atom is 0.119 e. The van der Waals surface area contributed by atoms with Crippen molar-refractivity contribution < 1.29 is 4.74 Å². The van der Waals surface area contributed by atoms with Crippen LogP contribution in [0.2, 0.25) is 0 Å². The summed E-state index contributed by atoms with van der Waals surface area (Å²) in [4.78, 5) is 2.51. The Kier molecular flexibility index (Phi) is 5.87. The maximum absolute atomic E-state index is 7.17. The van der Waals surface area contributed by atoms with E-state index in [9.17, 15) is 0 Å². The zero-order valence-electron chi connectivity index (χ0n) is 12.1. The zero-order valence-corrected chi connectivity index (χ0v) is 12.1. The molecule has 1 heterocycles. The van der Waals surface area contributed by atoms with Crippen LogP contribution < -0.4 is 10.5 Å². The Labute approximate surface area is 121 Å². The number of hydrogen-bond donors (Lipinski definition) is 2. The minimum absolute atomic E-state index is 0.229. The lowest BCUT2D eigenvalue weighted by atomic mass is 10.1. The van der Waals surface area contributed by atoms with Crippen molar-refractivity contribution in [3.8, 4) is 5.75 Å². The van der Waals surface area contributed by atoms with Crippen molar-refractivity contribution in [2.75, 3.05) is 19.7 Å². The number of nitrogens with one attached hydrogen (secondary N) is 1. The summed E-state index contributed by atoms with van der Waals surface area (Å²) in [5, 5.41) is 7.17. The highest BCUT2D eigenvalue weighted by Gasteiger charge is 2.10. The maximum atomic E-state index is 7.17. The molecule has 0 unspecified atom stereocenters. The van der Waals surface area contributed by atoms with Crippen molar-refractivity contribution in [3.05, 3.63) is 29.8 Å². The molecule has 1 saturated heterocycles. The largest absolute Gasteiger partial charge is 0.494 e. The molecule has 1 aliphatic heterocycles. The van der Waals surface area contributed by atoms with Gasteiger partial charge in [-0.1, -0.05) is 18.6 Å². The van der Waals surface area contributed by atoms with Gasteiger partial charge in [0.25, 0.3) is 0 Å². The van der Waals surface area contributed by atoms with E-state index in [0.717, 1.165) is 18.7 Å². The molecule has 0 aromatic heterocycles. The molecule has 20 heavy (non-hydrogen) atoms. The number of hydrogen-bond acceptors (Lipinski definition) is 3. The van der Waals surface area contributed by atoms with Gasteiger partial charge in [0.1, 0.15) is 5.75 Å². The van der Waals surface area contributed by atoms with Crippen LogP contribution >= 0.6 is 0 Å². The lowest BCUT2D eigenvalue weighted by molar-refractivity contribution is 0.220. The summed E-state index contributed by atoms with van der Waals surface area (Å²) in [7, 11) is 0. The molecule has 0 spiro atoms. The van der Waals surface area contributed by atoms with Crippen LogP contribution in [0.3, 0.4) is 0 Å². The SMILES string of the molecule is N=C(N)CCCOc1cccc(CN2CCCCC2)c1. The molecule has 1 aromatic carbocycles. The number of ether oxygens (including phenoxy) is 1. The fourth-order valence-electron chi connectivity index (χ4n) is 2.56. The van der Waals surface area contributed by atoms with Crippen LogP contribution in [0.25, 0.3) is 0 Å². The lowest BCUT2D eigenvalue weighted by Gasteiger charge is -2.26. The molecule has 0 saturated carbocycles. The Balaban J connectivity index is 1.79. The van der Waals surface area contributed by atoms with Gasteiger partial charge in [0.2, 0.25) is 0 Å². The number of nitrogens with zero attached hydrogens (tertiary/aromatic N) is 1. The molecule has 3 N–H and O–H groups in total. The molecule has 0 aliphatic carbocycles. The summed E-state index contributed by atoms with van der Waals surface area (Å²) in [6.45, 7) is 4.06. The van der Waals surface area contributed by atoms with E-state index in [0.29, 0.717) is 13.0 Å². The molecule has 1 aromatic rings. The Bertz CT molecular complexity index is 427. The van der Waals surface area contributed by atoms with E-state index in [1.54, 1.807) is 0 Å². The van der Waals surface area contributed by atoms with Gasteiger partial charge in [0.15, 0.2) is 0 Å². The van der Waals surface area contributed by atoms with Crippen LogP contribution in [0, 0.1) is 5.41 Å². The molecule has 1 fully saturated rings. The van der Waals surface area contributed by atoms with Crippen molar-refractivity contribution in [2.45, 2.75) is 38.6 Å². The van der Waals surface area contributed by atoms with Crippen molar-refractivity contribution in [3.63, 3.8) is 0 Å². The number of likely N-dealkylation sites (tertiary alicyclic amines) is 1. The van der Waals surface area contributed by atoms with Gasteiger partial charge in [-0.15, -0.1) is 0 Å². The molecule has 2 rings (SSSR count). The second kappa shape index (κ2) is 7.90. The summed E-state index contributed by atoms with van der Waals surface area (Å²) in [5.74, 6) is 1.15. The quantitative estimate of drug-likeness (QED) is 0.457. The molecule has 0 amide bonds. The Morgan fingerprint density at radius 1 is 1.25 bits per heavy atom. The van der Waals surface area contributed by atoms with Crippen LogP contribution in [0.4, 0.5) is 0 Å². The van der Waals surface area contributed by atoms with Gasteiger partial charge in [-0.25, -0.2) is 0 Å². The topological polar surface area (TPSA) is 62.3 Å². The first-order chi connectivity index (χ1) is 9.74. The lowest BCUT2D eigenvalue weighted by Crippen LogP contribution is -2.29. The first-order valence-corrected chi connectivity index (χ1v) is 7.51. The van der Waals surface area contributed by atoms with E-state index in [1.165, 1.54) is 37.9 Å². The van der Waals surface area contributed by atoms with Gasteiger partial charge in [0.05, 0.1) is 12.4 Å². The standard InChI is InChI=1S/C16H25N3O/c17-16(18)8-5-11-20-15-7-4-6-14(12-15)13-19-9-2-1-3-10-19/h4,6-7,12H,1-3,5,8-11,13H2,(H3,17,18). The van der Waals surface area contributed by atoms with E-state index in [-0.39, 0.29) is 5.84 Å². The predicted octanol–water partition coefficient (Wildman–Crippen LogP) is 2.77. The van der Waals surface area contributed by atoms with Crippen LogP contribution in [-0.2, 0) is 6.54 Å². The minimum Gasteiger partial charge on any atom is -0.494 e. The van der Waals surface area contributed by atoms with Crippen LogP contribution in [0.5, 0.6) is 5.75 Å². The molecule has 4 heteroatoms. The van der Waals surface area contributed by atoms with E-state index in [1.807, 2.05) is 6.07 Å². The second-order valence-electron chi connectivity index (χ2n) is 5.46. The Morgan fingerprint density at radius 3 is 2.80 bits per heavy atom. The normalized spacial score (nSPS) is 16.0. The van der Waals surface area contributed by atoms with Crippen molar-refractivity contribution in [1.82, 2.24) is 4.90 Å². The molecule has 0 bridgehead atoms. The van der Waals surface area contributed by atoms with E-state index < -0.39 is 0 Å². The summed E-state index contributed by atoms with van der Waals surface area (Å²) < 4.78 is 5.72. The summed E-state index contributed by atoms with van der Waals surface area (Å²) in [6, 6.07) is 8.34. The van der Waals surface area contributed by atoms with E-state index in [2.05, 4.69) is 23.1 Å². The van der Waals surface area contributed by atoms with Gasteiger partial charge in [-0.2, -0.15) is 0 Å². The van der Waals surface area contributed by atoms with Gasteiger partial charge in [-0.05, 0) is 50.0 Å². The number of rotatable bonds is 7. The minimum atomic E-state index is 0.229. The highest BCUT2D eigenvalue weighted by Crippen LogP contribution is 2.17. The monoisotopic (exact) mass is 275 g/mol. The van der Waals surface area contributed by atoms with Gasteiger partial charge in [-0.3, -0.25) is 10.3 Å². The van der Waals surface area contributed by atoms with Crippen LogP contribution in [0.15, 0.2) is 24.3 Å². The van der Waals surface area contributed by atoms with Crippen molar-refractivity contribution in [2.24, 2.45) is 5.73 Å². The number of piperidine rings is 1. The molecular formula is C16H25N3O. The highest BCUT2D eigenvalue weighted by molar-refractivity contribution is 5.76. The van der Waals surface area contributed by atoms with Crippen molar-refractivity contribution in [1.29, 1.82) is 5.41 Å². The third kappa shape index (κ3) is 5.21. The van der Waals surface area contributed by atoms with Gasteiger partial charge >= 0.3 is 0 Å². The molecule has 0 radical (unpaired) electrons. The molecule has 110 valence electrons. The molecular weight excluding hydrogens is 250 g/mol. The molecule has 0 atom stereocenters. The highest BCUT2D eigenvalue weighted by atomic mass is 16.5. The van der Waals surface area contributed by atoms with E-state index in [4.69, 9.17) is 15.9 Å². The van der Waals surface area contributed by atoms with Crippen LogP contribution in [-0.4, -0.2) is 30.4 Å². The number of benzene rings is 1. The van der Waals surface area contributed by atoms with Gasteiger partial charge < -0.3 is 10.5 Å². The van der Waals surface area contributed by atoms with Crippen molar-refractivity contribution >= 4 is 5.84 Å². The fraction of sp³-hybridized carbons (Fsp3) is 0.562.